The smallest absolute Gasteiger partial charge is 0.173 e. The fraction of sp³-hybridized carbons (Fsp3) is 0.600. The molecule has 1 N–H and O–H groups in total. The van der Waals surface area contributed by atoms with Crippen molar-refractivity contribution in [1.29, 1.82) is 0 Å². The average Bonchev–Trinajstić information content (AvgIpc) is 2.48. The molecule has 1 rings (SSSR count). The van der Waals surface area contributed by atoms with Gasteiger partial charge in [0.25, 0.3) is 0 Å². The molecule has 6 heteroatoms. The van der Waals surface area contributed by atoms with Gasteiger partial charge in [0.05, 0.1) is 13.7 Å². The molecule has 0 atom stereocenters. The fourth-order valence-corrected chi connectivity index (χ4v) is 1.70. The Kier molecular flexibility index (Phi) is 7.89. The Morgan fingerprint density at radius 2 is 1.81 bits per heavy atom. The van der Waals surface area contributed by atoms with E-state index in [0.29, 0.717) is 18.9 Å². The Hall–Kier alpha value is -1.50. The van der Waals surface area contributed by atoms with Crippen LogP contribution in [0.4, 0.5) is 5.69 Å². The highest BCUT2D eigenvalue weighted by molar-refractivity contribution is 5.54. The molecule has 0 spiro atoms. The molecule has 0 bridgehead atoms. The predicted octanol–water partition coefficient (Wildman–Crippen LogP) is 1.67. The molecule has 0 unspecified atom stereocenters. The van der Waals surface area contributed by atoms with Crippen LogP contribution in [0.15, 0.2) is 18.2 Å². The standard InChI is InChI=1S/C15H26N2O4/c1-17(2)8-9-21-14-10-12(6-7-13(14)18-3)16-11-15(19-4)20-5/h6-7,10,15-16H,8-9,11H2,1-5H3. The number of anilines is 1. The topological polar surface area (TPSA) is 52.2 Å². The van der Waals surface area contributed by atoms with Crippen molar-refractivity contribution in [2.24, 2.45) is 0 Å². The Morgan fingerprint density at radius 1 is 1.10 bits per heavy atom. The quantitative estimate of drug-likeness (QED) is 0.663. The number of likely N-dealkylation sites (N-methyl/N-ethyl adjacent to an activating group) is 1. The van der Waals surface area contributed by atoms with E-state index in [0.717, 1.165) is 18.0 Å². The van der Waals surface area contributed by atoms with Crippen molar-refractivity contribution in [2.75, 3.05) is 60.4 Å². The summed E-state index contributed by atoms with van der Waals surface area (Å²) in [7, 11) is 8.87. The van der Waals surface area contributed by atoms with Gasteiger partial charge in [-0.05, 0) is 26.2 Å². The van der Waals surface area contributed by atoms with Crippen molar-refractivity contribution in [2.45, 2.75) is 6.29 Å². The minimum absolute atomic E-state index is 0.287. The first-order valence-electron chi connectivity index (χ1n) is 6.85. The number of hydrogen-bond acceptors (Lipinski definition) is 6. The van der Waals surface area contributed by atoms with E-state index in [-0.39, 0.29) is 6.29 Å². The molecule has 0 saturated carbocycles. The highest BCUT2D eigenvalue weighted by Gasteiger charge is 2.08. The minimum atomic E-state index is -0.287. The Bertz CT molecular complexity index is 409. The number of hydrogen-bond donors (Lipinski definition) is 1. The van der Waals surface area contributed by atoms with Gasteiger partial charge in [0, 0.05) is 32.5 Å². The summed E-state index contributed by atoms with van der Waals surface area (Å²) in [5.74, 6) is 1.44. The van der Waals surface area contributed by atoms with Crippen molar-refractivity contribution in [3.8, 4) is 11.5 Å². The minimum Gasteiger partial charge on any atom is -0.493 e. The van der Waals surface area contributed by atoms with Gasteiger partial charge in [-0.25, -0.2) is 0 Å². The maximum atomic E-state index is 5.77. The van der Waals surface area contributed by atoms with Gasteiger partial charge in [-0.2, -0.15) is 0 Å². The second-order valence-electron chi connectivity index (χ2n) is 4.80. The van der Waals surface area contributed by atoms with Crippen molar-refractivity contribution in [3.05, 3.63) is 18.2 Å². The van der Waals surface area contributed by atoms with Gasteiger partial charge >= 0.3 is 0 Å². The molecule has 0 aliphatic heterocycles. The van der Waals surface area contributed by atoms with Gasteiger partial charge in [-0.3, -0.25) is 0 Å². The molecule has 120 valence electrons. The van der Waals surface area contributed by atoms with E-state index in [2.05, 4.69) is 10.2 Å². The van der Waals surface area contributed by atoms with Gasteiger partial charge in [0.1, 0.15) is 6.61 Å². The van der Waals surface area contributed by atoms with Crippen molar-refractivity contribution < 1.29 is 18.9 Å². The van der Waals surface area contributed by atoms with E-state index in [1.807, 2.05) is 32.3 Å². The highest BCUT2D eigenvalue weighted by Crippen LogP contribution is 2.30. The zero-order valence-corrected chi connectivity index (χ0v) is 13.5. The first kappa shape index (κ1) is 17.6. The molecule has 0 aromatic heterocycles. The third-order valence-electron chi connectivity index (χ3n) is 2.96. The average molecular weight is 298 g/mol. The number of methoxy groups -OCH3 is 3. The molecule has 0 saturated heterocycles. The maximum absolute atomic E-state index is 5.77. The van der Waals surface area contributed by atoms with Gasteiger partial charge < -0.3 is 29.2 Å². The summed E-state index contributed by atoms with van der Waals surface area (Å²) in [6.07, 6.45) is -0.287. The summed E-state index contributed by atoms with van der Waals surface area (Å²) < 4.78 is 21.4. The van der Waals surface area contributed by atoms with E-state index >= 15 is 0 Å². The molecular formula is C15H26N2O4. The molecule has 0 radical (unpaired) electrons. The summed E-state index contributed by atoms with van der Waals surface area (Å²) in [6.45, 7) is 2.00. The van der Waals surface area contributed by atoms with E-state index in [1.54, 1.807) is 21.3 Å². The van der Waals surface area contributed by atoms with E-state index in [9.17, 15) is 0 Å². The Morgan fingerprint density at radius 3 is 2.38 bits per heavy atom. The molecule has 0 aliphatic carbocycles. The van der Waals surface area contributed by atoms with Crippen LogP contribution in [0.5, 0.6) is 11.5 Å². The lowest BCUT2D eigenvalue weighted by atomic mass is 10.2. The summed E-state index contributed by atoms with van der Waals surface area (Å²) in [6, 6.07) is 5.72. The summed E-state index contributed by atoms with van der Waals surface area (Å²) in [4.78, 5) is 2.07. The van der Waals surface area contributed by atoms with E-state index in [4.69, 9.17) is 18.9 Å². The molecule has 0 amide bonds. The fourth-order valence-electron chi connectivity index (χ4n) is 1.70. The first-order chi connectivity index (χ1) is 10.1. The molecule has 1 aromatic carbocycles. The Labute approximate surface area is 126 Å². The van der Waals surface area contributed by atoms with E-state index in [1.165, 1.54) is 0 Å². The summed E-state index contributed by atoms with van der Waals surface area (Å²) >= 11 is 0. The predicted molar refractivity (Wildman–Crippen MR) is 83.3 cm³/mol. The second kappa shape index (κ2) is 9.44. The zero-order valence-electron chi connectivity index (χ0n) is 13.5. The molecule has 0 fully saturated rings. The van der Waals surface area contributed by atoms with Gasteiger partial charge in [-0.1, -0.05) is 0 Å². The van der Waals surface area contributed by atoms with Crippen molar-refractivity contribution >= 4 is 5.69 Å². The first-order valence-corrected chi connectivity index (χ1v) is 6.85. The number of benzene rings is 1. The largest absolute Gasteiger partial charge is 0.493 e. The molecule has 6 nitrogen and oxygen atoms in total. The van der Waals surface area contributed by atoms with E-state index < -0.39 is 0 Å². The molecular weight excluding hydrogens is 272 g/mol. The number of nitrogens with zero attached hydrogens (tertiary/aromatic N) is 1. The molecule has 0 heterocycles. The summed E-state index contributed by atoms with van der Waals surface area (Å²) in [5, 5.41) is 3.24. The van der Waals surface area contributed by atoms with Gasteiger partial charge in [0.2, 0.25) is 0 Å². The zero-order chi connectivity index (χ0) is 15.7. The third kappa shape index (κ3) is 6.20. The molecule has 1 aromatic rings. The number of nitrogens with one attached hydrogen (secondary N) is 1. The third-order valence-corrected chi connectivity index (χ3v) is 2.96. The van der Waals surface area contributed by atoms with Crippen LogP contribution in [0.25, 0.3) is 0 Å². The van der Waals surface area contributed by atoms with Crippen molar-refractivity contribution in [3.63, 3.8) is 0 Å². The van der Waals surface area contributed by atoms with Gasteiger partial charge in [-0.15, -0.1) is 0 Å². The lowest BCUT2D eigenvalue weighted by Crippen LogP contribution is -2.23. The lowest BCUT2D eigenvalue weighted by Gasteiger charge is -2.17. The molecule has 0 aliphatic rings. The van der Waals surface area contributed by atoms with Crippen LogP contribution in [0, 0.1) is 0 Å². The van der Waals surface area contributed by atoms with Gasteiger partial charge in [0.15, 0.2) is 17.8 Å². The van der Waals surface area contributed by atoms with Crippen LogP contribution in [-0.2, 0) is 9.47 Å². The van der Waals surface area contributed by atoms with Crippen LogP contribution in [-0.4, -0.2) is 66.3 Å². The summed E-state index contributed by atoms with van der Waals surface area (Å²) in [5.41, 5.74) is 0.926. The molecule has 21 heavy (non-hydrogen) atoms. The van der Waals surface area contributed by atoms with Crippen molar-refractivity contribution in [1.82, 2.24) is 4.90 Å². The van der Waals surface area contributed by atoms with Crippen LogP contribution in [0.2, 0.25) is 0 Å². The Balaban J connectivity index is 2.65. The lowest BCUT2D eigenvalue weighted by molar-refractivity contribution is -0.0914. The monoisotopic (exact) mass is 298 g/mol. The number of ether oxygens (including phenoxy) is 4. The SMILES string of the molecule is COc1ccc(NCC(OC)OC)cc1OCCN(C)C. The number of rotatable bonds is 10. The van der Waals surface area contributed by atoms with Crippen LogP contribution in [0.3, 0.4) is 0 Å². The highest BCUT2D eigenvalue weighted by atomic mass is 16.7. The van der Waals surface area contributed by atoms with Crippen LogP contribution >= 0.6 is 0 Å². The van der Waals surface area contributed by atoms with Crippen LogP contribution < -0.4 is 14.8 Å². The maximum Gasteiger partial charge on any atom is 0.173 e. The normalized spacial score (nSPS) is 11.0. The van der Waals surface area contributed by atoms with Crippen LogP contribution in [0.1, 0.15) is 0 Å². The second-order valence-corrected chi connectivity index (χ2v) is 4.80.